The van der Waals surface area contributed by atoms with Gasteiger partial charge in [-0.2, -0.15) is 0 Å². The van der Waals surface area contributed by atoms with Crippen molar-refractivity contribution in [1.29, 1.82) is 0 Å². The highest BCUT2D eigenvalue weighted by atomic mass is 16.6. The van der Waals surface area contributed by atoms with E-state index in [0.717, 1.165) is 0 Å². The van der Waals surface area contributed by atoms with E-state index >= 15 is 0 Å². The molecule has 0 aliphatic rings. The van der Waals surface area contributed by atoms with Crippen LogP contribution < -0.4 is 10.6 Å². The van der Waals surface area contributed by atoms with E-state index in [-0.39, 0.29) is 17.8 Å². The van der Waals surface area contributed by atoms with Crippen molar-refractivity contribution in [3.8, 4) is 0 Å². The molecule has 1 aromatic rings. The molecule has 114 valence electrons. The number of hydrogen-bond donors (Lipinski definition) is 4. The van der Waals surface area contributed by atoms with Gasteiger partial charge in [0, 0.05) is 30.3 Å². The van der Waals surface area contributed by atoms with Gasteiger partial charge in [0.25, 0.3) is 5.69 Å². The fourth-order valence-corrected chi connectivity index (χ4v) is 1.60. The average Bonchev–Trinajstić information content (AvgIpc) is 2.40. The molecule has 0 fully saturated rings. The number of aliphatic carboxylic acids is 1. The summed E-state index contributed by atoms with van der Waals surface area (Å²) in [6.07, 6.45) is -0.142. The molecule has 2 amide bonds. The highest BCUT2D eigenvalue weighted by Crippen LogP contribution is 2.22. The molecule has 4 N–H and O–H groups in total. The number of nitrogens with zero attached hydrogens (tertiary/aromatic N) is 1. The number of carboxylic acid groups (broad SMARTS) is 1. The average molecular weight is 297 g/mol. The second kappa shape index (κ2) is 7.20. The number of hydrogen-bond acceptors (Lipinski definition) is 5. The molecule has 0 saturated carbocycles. The number of amides is 2. The third kappa shape index (κ3) is 4.73. The number of aliphatic hydroxyl groups is 1. The monoisotopic (exact) mass is 297 g/mol. The molecule has 1 aromatic carbocycles. The zero-order valence-electron chi connectivity index (χ0n) is 11.2. The third-order valence-electron chi connectivity index (χ3n) is 2.68. The predicted octanol–water partition coefficient (Wildman–Crippen LogP) is 0.860. The van der Waals surface area contributed by atoms with Gasteiger partial charge in [-0.1, -0.05) is 6.07 Å². The summed E-state index contributed by atoms with van der Waals surface area (Å²) >= 11 is 0. The topological polar surface area (TPSA) is 142 Å². The molecule has 1 rings (SSSR count). The lowest BCUT2D eigenvalue weighted by molar-refractivity contribution is -0.385. The third-order valence-corrected chi connectivity index (χ3v) is 2.68. The number of nitrogens with one attached hydrogen (secondary N) is 2. The Hall–Kier alpha value is -2.68. The van der Waals surface area contributed by atoms with E-state index in [0.29, 0.717) is 5.56 Å². The summed E-state index contributed by atoms with van der Waals surface area (Å²) in [6.45, 7) is 1.16. The number of benzene rings is 1. The van der Waals surface area contributed by atoms with E-state index in [2.05, 4.69) is 10.6 Å². The van der Waals surface area contributed by atoms with Crippen molar-refractivity contribution < 1.29 is 24.7 Å². The van der Waals surface area contributed by atoms with E-state index in [1.165, 1.54) is 18.2 Å². The number of carbonyl (C=O) groups is 2. The molecule has 9 nitrogen and oxygen atoms in total. The van der Waals surface area contributed by atoms with Gasteiger partial charge < -0.3 is 20.8 Å². The minimum Gasteiger partial charge on any atom is -0.480 e. The lowest BCUT2D eigenvalue weighted by atomic mass is 10.2. The molecule has 0 bridgehead atoms. The van der Waals surface area contributed by atoms with Crippen LogP contribution in [0.15, 0.2) is 18.2 Å². The number of nitro benzene ring substituents is 1. The summed E-state index contributed by atoms with van der Waals surface area (Å²) in [5.74, 6) is -1.28. The first-order chi connectivity index (χ1) is 9.85. The second-order valence-corrected chi connectivity index (χ2v) is 4.26. The van der Waals surface area contributed by atoms with E-state index in [1.54, 1.807) is 6.92 Å². The van der Waals surface area contributed by atoms with Gasteiger partial charge in [-0.25, -0.2) is 9.59 Å². The normalized spacial score (nSPS) is 11.5. The van der Waals surface area contributed by atoms with E-state index < -0.39 is 29.6 Å². The van der Waals surface area contributed by atoms with Crippen LogP contribution in [-0.4, -0.2) is 39.8 Å². The van der Waals surface area contributed by atoms with Gasteiger partial charge >= 0.3 is 12.0 Å². The smallest absolute Gasteiger partial charge is 0.326 e. The van der Waals surface area contributed by atoms with Crippen molar-refractivity contribution >= 4 is 23.4 Å². The van der Waals surface area contributed by atoms with Crippen molar-refractivity contribution in [3.05, 3.63) is 33.9 Å². The quantitative estimate of drug-likeness (QED) is 0.453. The van der Waals surface area contributed by atoms with Gasteiger partial charge in [0.2, 0.25) is 0 Å². The van der Waals surface area contributed by atoms with Crippen LogP contribution in [0.5, 0.6) is 0 Å². The summed E-state index contributed by atoms with van der Waals surface area (Å²) < 4.78 is 0. The largest absolute Gasteiger partial charge is 0.480 e. The van der Waals surface area contributed by atoms with E-state index in [9.17, 15) is 19.7 Å². The van der Waals surface area contributed by atoms with Gasteiger partial charge in [-0.15, -0.1) is 0 Å². The van der Waals surface area contributed by atoms with Crippen LogP contribution in [0.25, 0.3) is 0 Å². The Labute approximate surface area is 119 Å². The fourth-order valence-electron chi connectivity index (χ4n) is 1.60. The number of urea groups is 1. The molecule has 1 atom stereocenters. The zero-order valence-corrected chi connectivity index (χ0v) is 11.2. The summed E-state index contributed by atoms with van der Waals surface area (Å²) in [4.78, 5) is 32.7. The summed E-state index contributed by atoms with van der Waals surface area (Å²) in [5.41, 5.74) is 0.450. The number of anilines is 1. The molecule has 0 heterocycles. The number of carboxylic acids is 1. The summed E-state index contributed by atoms with van der Waals surface area (Å²) in [6, 6.07) is 2.04. The number of aliphatic hydroxyl groups excluding tert-OH is 1. The maximum absolute atomic E-state index is 11.6. The second-order valence-electron chi connectivity index (χ2n) is 4.26. The van der Waals surface area contributed by atoms with Crippen molar-refractivity contribution in [2.75, 3.05) is 11.9 Å². The maximum atomic E-state index is 11.6. The standard InChI is InChI=1S/C12H15N3O6/c1-7-2-3-8(6-10(7)15(20)21)13-12(19)14-9(4-5-16)11(17)18/h2-3,6,9,16H,4-5H2,1H3,(H,17,18)(H2,13,14,19)/t9-/m0/s1. The van der Waals surface area contributed by atoms with Crippen LogP contribution >= 0.6 is 0 Å². The summed E-state index contributed by atoms with van der Waals surface area (Å²) in [5, 5.41) is 32.8. The highest BCUT2D eigenvalue weighted by Gasteiger charge is 2.19. The van der Waals surface area contributed by atoms with Crippen LogP contribution in [0, 0.1) is 17.0 Å². The lowest BCUT2D eigenvalue weighted by Crippen LogP contribution is -2.43. The van der Waals surface area contributed by atoms with Crippen LogP contribution in [0.3, 0.4) is 0 Å². The number of aryl methyl sites for hydroxylation is 1. The molecule has 0 saturated heterocycles. The minimum absolute atomic E-state index is 0.142. The van der Waals surface area contributed by atoms with E-state index in [1.807, 2.05) is 0 Å². The van der Waals surface area contributed by atoms with Crippen LogP contribution in [0.2, 0.25) is 0 Å². The number of rotatable bonds is 6. The first-order valence-electron chi connectivity index (χ1n) is 6.01. The Morgan fingerprint density at radius 1 is 1.43 bits per heavy atom. The Morgan fingerprint density at radius 2 is 2.10 bits per heavy atom. The predicted molar refractivity (Wildman–Crippen MR) is 73.1 cm³/mol. The van der Waals surface area contributed by atoms with Gasteiger partial charge in [-0.05, 0) is 13.0 Å². The lowest BCUT2D eigenvalue weighted by Gasteiger charge is -2.14. The molecule has 9 heteroatoms. The zero-order chi connectivity index (χ0) is 16.0. The van der Waals surface area contributed by atoms with Gasteiger partial charge in [0.1, 0.15) is 6.04 Å². The Balaban J connectivity index is 2.77. The number of nitro groups is 1. The Bertz CT molecular complexity index is 560. The van der Waals surface area contributed by atoms with Gasteiger partial charge in [0.05, 0.1) is 4.92 Å². The molecule has 0 aliphatic heterocycles. The van der Waals surface area contributed by atoms with Gasteiger partial charge in [-0.3, -0.25) is 10.1 Å². The minimum atomic E-state index is -1.28. The molecule has 21 heavy (non-hydrogen) atoms. The molecular weight excluding hydrogens is 282 g/mol. The molecule has 0 radical (unpaired) electrons. The summed E-state index contributed by atoms with van der Waals surface area (Å²) in [7, 11) is 0. The molecule has 0 unspecified atom stereocenters. The number of carbonyl (C=O) groups excluding carboxylic acids is 1. The first kappa shape index (κ1) is 16.4. The fraction of sp³-hybridized carbons (Fsp3) is 0.333. The molecular formula is C12H15N3O6. The van der Waals surface area contributed by atoms with Crippen LogP contribution in [0.4, 0.5) is 16.2 Å². The van der Waals surface area contributed by atoms with E-state index in [4.69, 9.17) is 10.2 Å². The van der Waals surface area contributed by atoms with Crippen molar-refractivity contribution in [3.63, 3.8) is 0 Å². The highest BCUT2D eigenvalue weighted by molar-refractivity contribution is 5.92. The Kier molecular flexibility index (Phi) is 5.61. The Morgan fingerprint density at radius 3 is 2.62 bits per heavy atom. The maximum Gasteiger partial charge on any atom is 0.326 e. The first-order valence-corrected chi connectivity index (χ1v) is 6.01. The molecule has 0 aliphatic carbocycles. The van der Waals surface area contributed by atoms with Crippen LogP contribution in [0.1, 0.15) is 12.0 Å². The molecule has 0 aromatic heterocycles. The van der Waals surface area contributed by atoms with Crippen molar-refractivity contribution in [2.24, 2.45) is 0 Å². The SMILES string of the molecule is Cc1ccc(NC(=O)N[C@@H](CCO)C(=O)O)cc1[N+](=O)[O-]. The van der Waals surface area contributed by atoms with Crippen molar-refractivity contribution in [2.45, 2.75) is 19.4 Å². The molecule has 0 spiro atoms. The van der Waals surface area contributed by atoms with Crippen LogP contribution in [-0.2, 0) is 4.79 Å². The van der Waals surface area contributed by atoms with Crippen molar-refractivity contribution in [1.82, 2.24) is 5.32 Å². The van der Waals surface area contributed by atoms with Gasteiger partial charge in [0.15, 0.2) is 0 Å².